The summed E-state index contributed by atoms with van der Waals surface area (Å²) in [6.45, 7) is 0.574. The lowest BCUT2D eigenvalue weighted by molar-refractivity contribution is -0.116. The summed E-state index contributed by atoms with van der Waals surface area (Å²) in [7, 11) is 0. The standard InChI is InChI=1S/C16H15ClFNOS2/c17-14-4-1-5-15(18)13(14)6-7-16(20)19-8-10-21-11-12-3-2-9-22-12/h1-7,9H,8,10-11H2,(H,19,20)/b7-6+. The number of hydrogen-bond acceptors (Lipinski definition) is 3. The number of thioether (sulfide) groups is 1. The zero-order valence-corrected chi connectivity index (χ0v) is 14.1. The minimum atomic E-state index is -0.442. The van der Waals surface area contributed by atoms with Crippen molar-refractivity contribution in [3.63, 3.8) is 0 Å². The lowest BCUT2D eigenvalue weighted by Gasteiger charge is -2.02. The molecule has 0 saturated carbocycles. The summed E-state index contributed by atoms with van der Waals surface area (Å²) < 4.78 is 13.5. The van der Waals surface area contributed by atoms with Crippen LogP contribution in [0.1, 0.15) is 10.4 Å². The number of nitrogens with one attached hydrogen (secondary N) is 1. The Morgan fingerprint density at radius 3 is 2.95 bits per heavy atom. The van der Waals surface area contributed by atoms with Crippen LogP contribution >= 0.6 is 34.7 Å². The molecule has 0 saturated heterocycles. The van der Waals surface area contributed by atoms with Crippen molar-refractivity contribution in [1.29, 1.82) is 0 Å². The number of benzene rings is 1. The highest BCUT2D eigenvalue weighted by molar-refractivity contribution is 7.98. The highest BCUT2D eigenvalue weighted by atomic mass is 35.5. The number of carbonyl (C=O) groups is 1. The van der Waals surface area contributed by atoms with Crippen LogP contribution in [0, 0.1) is 5.82 Å². The van der Waals surface area contributed by atoms with Crippen LogP contribution in [-0.2, 0) is 10.5 Å². The van der Waals surface area contributed by atoms with Crippen LogP contribution in [0.25, 0.3) is 6.08 Å². The zero-order chi connectivity index (χ0) is 15.8. The van der Waals surface area contributed by atoms with E-state index in [1.54, 1.807) is 29.2 Å². The molecule has 0 fully saturated rings. The fourth-order valence-corrected chi connectivity index (χ4v) is 3.63. The number of rotatable bonds is 7. The summed E-state index contributed by atoms with van der Waals surface area (Å²) >= 11 is 9.37. The molecular weight excluding hydrogens is 341 g/mol. The fraction of sp³-hybridized carbons (Fsp3) is 0.188. The first-order valence-electron chi connectivity index (χ1n) is 6.67. The molecule has 0 atom stereocenters. The molecule has 116 valence electrons. The highest BCUT2D eigenvalue weighted by Gasteiger charge is 2.03. The molecule has 0 radical (unpaired) electrons. The molecule has 1 aromatic heterocycles. The predicted octanol–water partition coefficient (Wildman–Crippen LogP) is 4.60. The van der Waals surface area contributed by atoms with Crippen molar-refractivity contribution < 1.29 is 9.18 Å². The number of thiophene rings is 1. The lowest BCUT2D eigenvalue weighted by atomic mass is 10.2. The van der Waals surface area contributed by atoms with Gasteiger partial charge in [0.15, 0.2) is 0 Å². The Morgan fingerprint density at radius 2 is 2.23 bits per heavy atom. The smallest absolute Gasteiger partial charge is 0.244 e. The molecule has 0 aliphatic carbocycles. The van der Waals surface area contributed by atoms with Crippen molar-refractivity contribution in [2.45, 2.75) is 5.75 Å². The van der Waals surface area contributed by atoms with Crippen LogP contribution in [0.3, 0.4) is 0 Å². The Morgan fingerprint density at radius 1 is 1.36 bits per heavy atom. The van der Waals surface area contributed by atoms with Crippen molar-refractivity contribution in [3.8, 4) is 0 Å². The Kier molecular flexibility index (Phi) is 6.96. The summed E-state index contributed by atoms with van der Waals surface area (Å²) in [5, 5.41) is 5.10. The van der Waals surface area contributed by atoms with Gasteiger partial charge in [-0.25, -0.2) is 4.39 Å². The monoisotopic (exact) mass is 355 g/mol. The van der Waals surface area contributed by atoms with Crippen molar-refractivity contribution in [3.05, 3.63) is 63.1 Å². The van der Waals surface area contributed by atoms with Gasteiger partial charge in [0.05, 0.1) is 5.02 Å². The van der Waals surface area contributed by atoms with E-state index in [4.69, 9.17) is 11.6 Å². The first-order valence-corrected chi connectivity index (χ1v) is 9.08. The van der Waals surface area contributed by atoms with Crippen LogP contribution in [0.2, 0.25) is 5.02 Å². The van der Waals surface area contributed by atoms with Crippen molar-refractivity contribution >= 4 is 46.7 Å². The number of carbonyl (C=O) groups excluding carboxylic acids is 1. The van der Waals surface area contributed by atoms with E-state index < -0.39 is 5.82 Å². The van der Waals surface area contributed by atoms with Gasteiger partial charge < -0.3 is 5.32 Å². The maximum atomic E-state index is 13.5. The molecule has 0 bridgehead atoms. The molecule has 1 heterocycles. The second-order valence-electron chi connectivity index (χ2n) is 4.39. The van der Waals surface area contributed by atoms with Gasteiger partial charge in [0, 0.05) is 34.6 Å². The minimum Gasteiger partial charge on any atom is -0.352 e. The maximum Gasteiger partial charge on any atom is 0.244 e. The van der Waals surface area contributed by atoms with E-state index in [0.717, 1.165) is 11.5 Å². The molecule has 1 amide bonds. The van der Waals surface area contributed by atoms with Gasteiger partial charge in [-0.15, -0.1) is 11.3 Å². The normalized spacial score (nSPS) is 11.0. The largest absolute Gasteiger partial charge is 0.352 e. The van der Waals surface area contributed by atoms with Gasteiger partial charge in [0.2, 0.25) is 5.91 Å². The van der Waals surface area contributed by atoms with E-state index in [9.17, 15) is 9.18 Å². The first kappa shape index (κ1) is 17.1. The molecule has 2 nitrogen and oxygen atoms in total. The molecule has 1 aromatic carbocycles. The molecular formula is C16H15ClFNOS2. The van der Waals surface area contributed by atoms with Crippen LogP contribution in [0.15, 0.2) is 41.8 Å². The quantitative estimate of drug-likeness (QED) is 0.580. The van der Waals surface area contributed by atoms with Crippen molar-refractivity contribution in [2.75, 3.05) is 12.3 Å². The lowest BCUT2D eigenvalue weighted by Crippen LogP contribution is -2.23. The number of amides is 1. The zero-order valence-electron chi connectivity index (χ0n) is 11.7. The Hall–Kier alpha value is -1.30. The topological polar surface area (TPSA) is 29.1 Å². The highest BCUT2D eigenvalue weighted by Crippen LogP contribution is 2.20. The van der Waals surface area contributed by atoms with Crippen LogP contribution in [0.5, 0.6) is 0 Å². The minimum absolute atomic E-state index is 0.228. The van der Waals surface area contributed by atoms with Crippen LogP contribution < -0.4 is 5.32 Å². The number of halogens is 2. The number of hydrogen-bond donors (Lipinski definition) is 1. The third kappa shape index (κ3) is 5.48. The van der Waals surface area contributed by atoms with E-state index in [0.29, 0.717) is 6.54 Å². The molecule has 0 spiro atoms. The predicted molar refractivity (Wildman–Crippen MR) is 93.9 cm³/mol. The van der Waals surface area contributed by atoms with Gasteiger partial charge in [-0.05, 0) is 29.7 Å². The molecule has 0 aliphatic rings. The van der Waals surface area contributed by atoms with Gasteiger partial charge in [-0.1, -0.05) is 23.7 Å². The summed E-state index contributed by atoms with van der Waals surface area (Å²) in [5.41, 5.74) is 0.228. The molecule has 2 rings (SSSR count). The second kappa shape index (κ2) is 8.98. The van der Waals surface area contributed by atoms with E-state index >= 15 is 0 Å². The maximum absolute atomic E-state index is 13.5. The van der Waals surface area contributed by atoms with Gasteiger partial charge in [-0.3, -0.25) is 4.79 Å². The van der Waals surface area contributed by atoms with E-state index in [2.05, 4.69) is 16.8 Å². The van der Waals surface area contributed by atoms with Gasteiger partial charge in [0.25, 0.3) is 0 Å². The Labute approximate surface area is 142 Å². The SMILES string of the molecule is O=C(/C=C/c1c(F)cccc1Cl)NCCSCc1cccs1. The van der Waals surface area contributed by atoms with Gasteiger partial charge in [0.1, 0.15) is 5.82 Å². The second-order valence-corrected chi connectivity index (χ2v) is 6.94. The van der Waals surface area contributed by atoms with Crippen LogP contribution in [0.4, 0.5) is 4.39 Å². The van der Waals surface area contributed by atoms with Crippen molar-refractivity contribution in [1.82, 2.24) is 5.32 Å². The molecule has 1 N–H and O–H groups in total. The fourth-order valence-electron chi connectivity index (χ4n) is 1.70. The molecule has 6 heteroatoms. The van der Waals surface area contributed by atoms with E-state index in [1.165, 1.54) is 29.2 Å². The molecule has 22 heavy (non-hydrogen) atoms. The summed E-state index contributed by atoms with van der Waals surface area (Å²) in [5.74, 6) is 1.09. The third-order valence-corrected chi connectivity index (χ3v) is 5.17. The molecule has 0 unspecified atom stereocenters. The summed E-state index contributed by atoms with van der Waals surface area (Å²) in [6, 6.07) is 8.55. The summed E-state index contributed by atoms with van der Waals surface area (Å²) in [6.07, 6.45) is 2.69. The Bertz CT molecular complexity index is 623. The van der Waals surface area contributed by atoms with Crippen LogP contribution in [-0.4, -0.2) is 18.2 Å². The molecule has 2 aromatic rings. The Balaban J connectivity index is 1.70. The van der Waals surface area contributed by atoms with Gasteiger partial charge in [-0.2, -0.15) is 11.8 Å². The van der Waals surface area contributed by atoms with Gasteiger partial charge >= 0.3 is 0 Å². The van der Waals surface area contributed by atoms with E-state index in [-0.39, 0.29) is 16.5 Å². The third-order valence-electron chi connectivity index (χ3n) is 2.77. The molecule has 0 aliphatic heterocycles. The average Bonchev–Trinajstić information content (AvgIpc) is 2.99. The van der Waals surface area contributed by atoms with Crippen molar-refractivity contribution in [2.24, 2.45) is 0 Å². The van der Waals surface area contributed by atoms with E-state index in [1.807, 2.05) is 6.07 Å². The first-order chi connectivity index (χ1) is 10.7. The average molecular weight is 356 g/mol. The summed E-state index contributed by atoms with van der Waals surface area (Å²) in [4.78, 5) is 13.0.